The number of aliphatic hydroxyl groups is 1. The van der Waals surface area contributed by atoms with Crippen molar-refractivity contribution >= 4 is 0 Å². The molecule has 0 bridgehead atoms. The average molecular weight is 272 g/mol. The highest BCUT2D eigenvalue weighted by molar-refractivity contribution is 5.38. The van der Waals surface area contributed by atoms with Crippen LogP contribution in [0.25, 0.3) is 0 Å². The van der Waals surface area contributed by atoms with Gasteiger partial charge in [0.2, 0.25) is 0 Å². The molecular formula is C16H20N2O2. The van der Waals surface area contributed by atoms with Gasteiger partial charge in [0, 0.05) is 19.7 Å². The number of nitrogens with zero attached hydrogens (tertiary/aromatic N) is 2. The van der Waals surface area contributed by atoms with Crippen LogP contribution < -0.4 is 4.74 Å². The molecule has 1 heterocycles. The molecule has 0 amide bonds. The molecule has 4 heteroatoms. The molecule has 3 rings (SSSR count). The Kier molecular flexibility index (Phi) is 3.74. The first-order valence-electron chi connectivity index (χ1n) is 7.13. The highest BCUT2D eigenvalue weighted by atomic mass is 16.5. The second kappa shape index (κ2) is 5.67. The standard InChI is InChI=1S/C16H20N2O2/c1-18-11-12(10-17-18)7-8-20-14-6-5-13-3-2-4-16(19)15(13)9-14/h5-6,9-11,16,19H,2-4,7-8H2,1H3/t16-/m1/s1. The first kappa shape index (κ1) is 13.2. The smallest absolute Gasteiger partial charge is 0.119 e. The molecular weight excluding hydrogens is 252 g/mol. The first-order chi connectivity index (χ1) is 9.72. The van der Waals surface area contributed by atoms with Crippen LogP contribution in [-0.2, 0) is 19.9 Å². The Morgan fingerprint density at radius 2 is 2.35 bits per heavy atom. The lowest BCUT2D eigenvalue weighted by atomic mass is 9.89. The van der Waals surface area contributed by atoms with E-state index in [0.29, 0.717) is 6.61 Å². The summed E-state index contributed by atoms with van der Waals surface area (Å²) in [5.74, 6) is 0.841. The fraction of sp³-hybridized carbons (Fsp3) is 0.438. The molecule has 4 nitrogen and oxygen atoms in total. The molecule has 0 spiro atoms. The van der Waals surface area contributed by atoms with Crippen molar-refractivity contribution in [1.29, 1.82) is 0 Å². The first-order valence-corrected chi connectivity index (χ1v) is 7.13. The van der Waals surface area contributed by atoms with Crippen molar-refractivity contribution in [3.05, 3.63) is 47.3 Å². The lowest BCUT2D eigenvalue weighted by Crippen LogP contribution is -2.09. The van der Waals surface area contributed by atoms with Crippen molar-refractivity contribution in [2.45, 2.75) is 31.8 Å². The molecule has 1 N–H and O–H groups in total. The van der Waals surface area contributed by atoms with E-state index in [0.717, 1.165) is 37.0 Å². The van der Waals surface area contributed by atoms with Gasteiger partial charge >= 0.3 is 0 Å². The minimum Gasteiger partial charge on any atom is -0.493 e. The fourth-order valence-corrected chi connectivity index (χ4v) is 2.73. The molecule has 0 fully saturated rings. The summed E-state index contributed by atoms with van der Waals surface area (Å²) in [6.45, 7) is 0.626. The fourth-order valence-electron chi connectivity index (χ4n) is 2.73. The van der Waals surface area contributed by atoms with Crippen LogP contribution in [0.5, 0.6) is 5.75 Å². The summed E-state index contributed by atoms with van der Waals surface area (Å²) in [7, 11) is 1.91. The van der Waals surface area contributed by atoms with E-state index < -0.39 is 0 Å². The largest absolute Gasteiger partial charge is 0.493 e. The van der Waals surface area contributed by atoms with E-state index in [9.17, 15) is 5.11 Å². The molecule has 1 aliphatic carbocycles. The van der Waals surface area contributed by atoms with Gasteiger partial charge in [-0.25, -0.2) is 0 Å². The molecule has 2 aromatic rings. The Bertz CT molecular complexity index is 592. The third-order valence-corrected chi connectivity index (χ3v) is 3.82. The van der Waals surface area contributed by atoms with Gasteiger partial charge in [0.25, 0.3) is 0 Å². The number of benzene rings is 1. The van der Waals surface area contributed by atoms with Crippen molar-refractivity contribution in [2.75, 3.05) is 6.61 Å². The maximum absolute atomic E-state index is 10.0. The number of rotatable bonds is 4. The predicted molar refractivity (Wildman–Crippen MR) is 76.7 cm³/mol. The zero-order chi connectivity index (χ0) is 13.9. The van der Waals surface area contributed by atoms with Gasteiger partial charge in [0.15, 0.2) is 0 Å². The van der Waals surface area contributed by atoms with Crippen LogP contribution in [0.4, 0.5) is 0 Å². The van der Waals surface area contributed by atoms with E-state index in [-0.39, 0.29) is 6.10 Å². The Hall–Kier alpha value is -1.81. The van der Waals surface area contributed by atoms with Crippen LogP contribution in [0.2, 0.25) is 0 Å². The summed E-state index contributed by atoms with van der Waals surface area (Å²) in [6, 6.07) is 6.07. The third-order valence-electron chi connectivity index (χ3n) is 3.82. The lowest BCUT2D eigenvalue weighted by molar-refractivity contribution is 0.156. The number of ether oxygens (including phenoxy) is 1. The summed E-state index contributed by atoms with van der Waals surface area (Å²) in [6.07, 6.45) is 7.35. The molecule has 1 aromatic carbocycles. The highest BCUT2D eigenvalue weighted by Gasteiger charge is 2.18. The molecule has 0 aliphatic heterocycles. The van der Waals surface area contributed by atoms with Crippen molar-refractivity contribution in [1.82, 2.24) is 9.78 Å². The van der Waals surface area contributed by atoms with Gasteiger partial charge in [-0.3, -0.25) is 4.68 Å². The summed E-state index contributed by atoms with van der Waals surface area (Å²) in [5.41, 5.74) is 3.46. The summed E-state index contributed by atoms with van der Waals surface area (Å²) in [4.78, 5) is 0. The third kappa shape index (κ3) is 2.85. The normalized spacial score (nSPS) is 17.8. The Morgan fingerprint density at radius 1 is 1.45 bits per heavy atom. The molecule has 0 unspecified atom stereocenters. The Morgan fingerprint density at radius 3 is 3.15 bits per heavy atom. The van der Waals surface area contributed by atoms with Crippen molar-refractivity contribution in [3.8, 4) is 5.75 Å². The van der Waals surface area contributed by atoms with Crippen molar-refractivity contribution in [3.63, 3.8) is 0 Å². The quantitative estimate of drug-likeness (QED) is 0.929. The number of aliphatic hydroxyl groups excluding tert-OH is 1. The number of fused-ring (bicyclic) bond motifs is 1. The van der Waals surface area contributed by atoms with Crippen LogP contribution in [0.15, 0.2) is 30.6 Å². The highest BCUT2D eigenvalue weighted by Crippen LogP contribution is 2.32. The minimum absolute atomic E-state index is 0.333. The molecule has 0 saturated carbocycles. The lowest BCUT2D eigenvalue weighted by Gasteiger charge is -2.21. The zero-order valence-electron chi connectivity index (χ0n) is 11.7. The number of hydrogen-bond acceptors (Lipinski definition) is 3. The topological polar surface area (TPSA) is 47.3 Å². The van der Waals surface area contributed by atoms with Gasteiger partial charge in [-0.15, -0.1) is 0 Å². The van der Waals surface area contributed by atoms with E-state index >= 15 is 0 Å². The SMILES string of the molecule is Cn1cc(CCOc2ccc3c(c2)[C@H](O)CCC3)cn1. The molecule has 20 heavy (non-hydrogen) atoms. The van der Waals surface area contributed by atoms with Crippen LogP contribution in [0.3, 0.4) is 0 Å². The second-order valence-electron chi connectivity index (χ2n) is 5.39. The molecule has 106 valence electrons. The van der Waals surface area contributed by atoms with Gasteiger partial charge in [-0.2, -0.15) is 5.10 Å². The summed E-state index contributed by atoms with van der Waals surface area (Å²) < 4.78 is 7.58. The van der Waals surface area contributed by atoms with E-state index in [1.165, 1.54) is 11.1 Å². The molecule has 1 atom stereocenters. The van der Waals surface area contributed by atoms with E-state index in [2.05, 4.69) is 11.2 Å². The summed E-state index contributed by atoms with van der Waals surface area (Å²) in [5, 5.41) is 14.2. The van der Waals surface area contributed by atoms with Gasteiger partial charge in [0.1, 0.15) is 5.75 Å². The number of hydrogen-bond donors (Lipinski definition) is 1. The Labute approximate surface area is 119 Å². The van der Waals surface area contributed by atoms with Crippen molar-refractivity contribution in [2.24, 2.45) is 7.05 Å². The minimum atomic E-state index is -0.333. The number of aryl methyl sites for hydroxylation is 2. The average Bonchev–Trinajstić information content (AvgIpc) is 2.85. The maximum Gasteiger partial charge on any atom is 0.119 e. The van der Waals surface area contributed by atoms with Gasteiger partial charge in [0.05, 0.1) is 18.9 Å². The molecule has 1 aliphatic rings. The molecule has 0 radical (unpaired) electrons. The summed E-state index contributed by atoms with van der Waals surface area (Å²) >= 11 is 0. The maximum atomic E-state index is 10.0. The predicted octanol–water partition coefficient (Wildman–Crippen LogP) is 2.41. The van der Waals surface area contributed by atoms with Gasteiger partial charge in [-0.1, -0.05) is 6.07 Å². The van der Waals surface area contributed by atoms with Crippen LogP contribution in [-0.4, -0.2) is 21.5 Å². The van der Waals surface area contributed by atoms with Gasteiger partial charge < -0.3 is 9.84 Å². The van der Waals surface area contributed by atoms with E-state index in [1.807, 2.05) is 31.6 Å². The molecule has 1 aromatic heterocycles. The van der Waals surface area contributed by atoms with Crippen molar-refractivity contribution < 1.29 is 9.84 Å². The van der Waals surface area contributed by atoms with Gasteiger partial charge in [-0.05, 0) is 48.1 Å². The van der Waals surface area contributed by atoms with Crippen LogP contribution >= 0.6 is 0 Å². The molecule has 0 saturated heterocycles. The monoisotopic (exact) mass is 272 g/mol. The van der Waals surface area contributed by atoms with Crippen LogP contribution in [0, 0.1) is 0 Å². The Balaban J connectivity index is 1.62. The van der Waals surface area contributed by atoms with E-state index in [1.54, 1.807) is 4.68 Å². The van der Waals surface area contributed by atoms with E-state index in [4.69, 9.17) is 4.74 Å². The number of aromatic nitrogens is 2. The second-order valence-corrected chi connectivity index (χ2v) is 5.39. The zero-order valence-corrected chi connectivity index (χ0v) is 11.7. The van der Waals surface area contributed by atoms with Crippen LogP contribution in [0.1, 0.15) is 35.6 Å².